The highest BCUT2D eigenvalue weighted by Crippen LogP contribution is 2.52. The van der Waals surface area contributed by atoms with Gasteiger partial charge in [-0.2, -0.15) is 10.1 Å². The Bertz CT molecular complexity index is 1080. The van der Waals surface area contributed by atoms with E-state index in [1.54, 1.807) is 48.5 Å². The first-order valence-corrected chi connectivity index (χ1v) is 10.5. The van der Waals surface area contributed by atoms with Crippen LogP contribution in [0.2, 0.25) is 0 Å². The molecule has 5 rings (SSSR count). The van der Waals surface area contributed by atoms with Crippen molar-refractivity contribution in [2.45, 2.75) is 6.42 Å². The number of hydrazone groups is 1. The molecule has 6 nitrogen and oxygen atoms in total. The van der Waals surface area contributed by atoms with Crippen molar-refractivity contribution in [3.8, 4) is 5.75 Å². The molecule has 1 heterocycles. The van der Waals surface area contributed by atoms with Crippen molar-refractivity contribution in [1.82, 2.24) is 5.01 Å². The normalized spacial score (nSPS) is 26.6. The summed E-state index contributed by atoms with van der Waals surface area (Å²) in [5.74, 6) is -1.02. The van der Waals surface area contributed by atoms with E-state index in [1.165, 1.54) is 6.21 Å². The number of benzene rings is 2. The highest BCUT2D eigenvalue weighted by Gasteiger charge is 2.59. The fraction of sp³-hybridized carbons (Fsp3) is 0.217. The van der Waals surface area contributed by atoms with Crippen LogP contribution in [0.25, 0.3) is 0 Å². The summed E-state index contributed by atoms with van der Waals surface area (Å²) in [6.07, 6.45) is 6.36. The Hall–Kier alpha value is -3.06. The van der Waals surface area contributed by atoms with E-state index < -0.39 is 5.97 Å². The maximum absolute atomic E-state index is 12.8. The van der Waals surface area contributed by atoms with Crippen LogP contribution < -0.4 is 4.74 Å². The third kappa shape index (κ3) is 3.10. The van der Waals surface area contributed by atoms with Crippen molar-refractivity contribution in [2.75, 3.05) is 0 Å². The molecule has 0 radical (unpaired) electrons. The molecule has 0 N–H and O–H groups in total. The summed E-state index contributed by atoms with van der Waals surface area (Å²) in [4.78, 5) is 38.0. The number of halogens is 1. The Labute approximate surface area is 181 Å². The highest BCUT2D eigenvalue weighted by molar-refractivity contribution is 9.10. The first-order valence-electron chi connectivity index (χ1n) is 9.70. The zero-order chi connectivity index (χ0) is 20.8. The predicted octanol–water partition coefficient (Wildman–Crippen LogP) is 3.81. The molecule has 0 aromatic heterocycles. The molecule has 2 fully saturated rings. The standard InChI is InChI=1S/C23H17BrN2O4/c24-17-9-7-13(8-10-17)23(29)30-18-4-2-1-3-16(18)12-25-26-21(27)19-14-5-6-15(11-14)20(19)22(26)28/h1-10,12,14-15,19-20H,11H2/t14-,15-,19-,20+/m0/s1. The molecular formula is C23H17BrN2O4. The monoisotopic (exact) mass is 464 g/mol. The van der Waals surface area contributed by atoms with Crippen LogP contribution in [0.15, 0.2) is 70.3 Å². The van der Waals surface area contributed by atoms with Crippen LogP contribution in [-0.2, 0) is 9.59 Å². The summed E-state index contributed by atoms with van der Waals surface area (Å²) < 4.78 is 6.38. The Kier molecular flexibility index (Phi) is 4.62. The number of carbonyl (C=O) groups is 3. The first kappa shape index (κ1) is 18.9. The highest BCUT2D eigenvalue weighted by atomic mass is 79.9. The van der Waals surface area contributed by atoms with Gasteiger partial charge in [0.25, 0.3) is 11.8 Å². The van der Waals surface area contributed by atoms with E-state index in [0.29, 0.717) is 16.9 Å². The number of nitrogens with zero attached hydrogens (tertiary/aromatic N) is 2. The number of para-hydroxylation sites is 1. The lowest BCUT2D eigenvalue weighted by molar-refractivity contribution is -0.140. The van der Waals surface area contributed by atoms with Crippen molar-refractivity contribution >= 4 is 39.9 Å². The molecule has 1 aliphatic heterocycles. The smallest absolute Gasteiger partial charge is 0.343 e. The summed E-state index contributed by atoms with van der Waals surface area (Å²) in [6.45, 7) is 0. The van der Waals surface area contributed by atoms with Gasteiger partial charge in [-0.1, -0.05) is 40.2 Å². The van der Waals surface area contributed by atoms with E-state index in [9.17, 15) is 14.4 Å². The molecule has 3 aliphatic rings. The number of amides is 2. The maximum Gasteiger partial charge on any atom is 0.343 e. The predicted molar refractivity (Wildman–Crippen MR) is 113 cm³/mol. The summed E-state index contributed by atoms with van der Waals surface area (Å²) >= 11 is 3.33. The van der Waals surface area contributed by atoms with E-state index in [-0.39, 0.29) is 35.5 Å². The summed E-state index contributed by atoms with van der Waals surface area (Å²) in [6, 6.07) is 13.7. The van der Waals surface area contributed by atoms with E-state index in [4.69, 9.17) is 4.74 Å². The van der Waals surface area contributed by atoms with Crippen LogP contribution in [0.5, 0.6) is 5.75 Å². The van der Waals surface area contributed by atoms with Gasteiger partial charge in [-0.05, 0) is 54.7 Å². The minimum Gasteiger partial charge on any atom is -0.422 e. The van der Waals surface area contributed by atoms with Gasteiger partial charge in [0.05, 0.1) is 23.6 Å². The second kappa shape index (κ2) is 7.32. The Morgan fingerprint density at radius 1 is 1.00 bits per heavy atom. The number of esters is 1. The van der Waals surface area contributed by atoms with Crippen LogP contribution >= 0.6 is 15.9 Å². The summed E-state index contributed by atoms with van der Waals surface area (Å²) in [5.41, 5.74) is 0.910. The van der Waals surface area contributed by atoms with Gasteiger partial charge >= 0.3 is 5.97 Å². The fourth-order valence-electron chi connectivity index (χ4n) is 4.55. The average Bonchev–Trinajstić information content (AvgIpc) is 3.42. The quantitative estimate of drug-likeness (QED) is 0.226. The molecule has 4 atom stereocenters. The van der Waals surface area contributed by atoms with Crippen molar-refractivity contribution in [3.05, 3.63) is 76.3 Å². The molecule has 7 heteroatoms. The van der Waals surface area contributed by atoms with Crippen LogP contribution in [-0.4, -0.2) is 29.0 Å². The van der Waals surface area contributed by atoms with Gasteiger partial charge in [0.15, 0.2) is 0 Å². The first-order chi connectivity index (χ1) is 14.5. The zero-order valence-corrected chi connectivity index (χ0v) is 17.4. The van der Waals surface area contributed by atoms with Gasteiger partial charge in [-0.15, -0.1) is 0 Å². The summed E-state index contributed by atoms with van der Waals surface area (Å²) in [7, 11) is 0. The molecule has 30 heavy (non-hydrogen) atoms. The minimum atomic E-state index is -0.506. The average molecular weight is 465 g/mol. The number of hydrogen-bond acceptors (Lipinski definition) is 5. The van der Waals surface area contributed by atoms with Gasteiger partial charge in [0.2, 0.25) is 0 Å². The van der Waals surface area contributed by atoms with Gasteiger partial charge < -0.3 is 4.74 Å². The number of fused-ring (bicyclic) bond motifs is 5. The number of ether oxygens (including phenoxy) is 1. The fourth-order valence-corrected chi connectivity index (χ4v) is 4.81. The van der Waals surface area contributed by atoms with E-state index >= 15 is 0 Å². The van der Waals surface area contributed by atoms with Crippen LogP contribution in [0.1, 0.15) is 22.3 Å². The molecule has 2 bridgehead atoms. The lowest BCUT2D eigenvalue weighted by Gasteiger charge is -2.13. The molecular weight excluding hydrogens is 448 g/mol. The molecule has 2 aromatic carbocycles. The Morgan fingerprint density at radius 3 is 2.30 bits per heavy atom. The second-order valence-electron chi connectivity index (χ2n) is 7.67. The third-order valence-electron chi connectivity index (χ3n) is 5.96. The third-order valence-corrected chi connectivity index (χ3v) is 6.49. The topological polar surface area (TPSA) is 76.0 Å². The van der Waals surface area contributed by atoms with Gasteiger partial charge in [-0.3, -0.25) is 9.59 Å². The van der Waals surface area contributed by atoms with Gasteiger partial charge in [0.1, 0.15) is 5.75 Å². The molecule has 0 unspecified atom stereocenters. The van der Waals surface area contributed by atoms with Crippen molar-refractivity contribution in [2.24, 2.45) is 28.8 Å². The molecule has 2 aromatic rings. The molecule has 2 amide bonds. The van der Waals surface area contributed by atoms with Gasteiger partial charge in [-0.25, -0.2) is 4.79 Å². The minimum absolute atomic E-state index is 0.135. The Morgan fingerprint density at radius 2 is 1.63 bits per heavy atom. The lowest BCUT2D eigenvalue weighted by Crippen LogP contribution is -2.28. The lowest BCUT2D eigenvalue weighted by atomic mass is 9.85. The van der Waals surface area contributed by atoms with Crippen LogP contribution in [0.3, 0.4) is 0 Å². The number of allylic oxidation sites excluding steroid dienone is 2. The van der Waals surface area contributed by atoms with Crippen molar-refractivity contribution < 1.29 is 19.1 Å². The largest absolute Gasteiger partial charge is 0.422 e. The maximum atomic E-state index is 12.8. The Balaban J connectivity index is 1.35. The molecule has 0 spiro atoms. The second-order valence-corrected chi connectivity index (χ2v) is 8.58. The van der Waals surface area contributed by atoms with Crippen molar-refractivity contribution in [1.29, 1.82) is 0 Å². The molecule has 1 saturated carbocycles. The van der Waals surface area contributed by atoms with E-state index in [1.807, 2.05) is 12.2 Å². The number of hydrogen-bond donors (Lipinski definition) is 0. The van der Waals surface area contributed by atoms with E-state index in [2.05, 4.69) is 21.0 Å². The zero-order valence-electron chi connectivity index (χ0n) is 15.8. The summed E-state index contributed by atoms with van der Waals surface area (Å²) in [5, 5.41) is 5.15. The van der Waals surface area contributed by atoms with Gasteiger partial charge in [0, 0.05) is 10.0 Å². The SMILES string of the molecule is O=C(Oc1ccccc1C=NN1C(=O)[C@@H]2[C@H](C1=O)[C@H]1C=C[C@H]2C1)c1ccc(Br)cc1. The van der Waals surface area contributed by atoms with Crippen LogP contribution in [0.4, 0.5) is 0 Å². The number of carbonyl (C=O) groups excluding carboxylic acids is 3. The number of rotatable bonds is 4. The van der Waals surface area contributed by atoms with E-state index in [0.717, 1.165) is 15.9 Å². The number of imide groups is 1. The molecule has 2 aliphatic carbocycles. The van der Waals surface area contributed by atoms with Crippen LogP contribution in [0, 0.1) is 23.7 Å². The molecule has 1 saturated heterocycles. The molecule has 150 valence electrons. The van der Waals surface area contributed by atoms with Crippen molar-refractivity contribution in [3.63, 3.8) is 0 Å².